The highest BCUT2D eigenvalue weighted by Gasteiger charge is 2.45. The molecule has 2 amide bonds. The smallest absolute Gasteiger partial charge is 0.319 e. The van der Waals surface area contributed by atoms with E-state index in [4.69, 9.17) is 0 Å². The number of thiophene rings is 1. The van der Waals surface area contributed by atoms with Crippen LogP contribution in [0.1, 0.15) is 28.8 Å². The molecule has 0 unspecified atom stereocenters. The first-order chi connectivity index (χ1) is 11.0. The van der Waals surface area contributed by atoms with Crippen LogP contribution in [-0.4, -0.2) is 17.7 Å². The van der Waals surface area contributed by atoms with Gasteiger partial charge in [-0.15, -0.1) is 11.3 Å². The first kappa shape index (κ1) is 16.0. The zero-order valence-electron chi connectivity index (χ0n) is 13.4. The highest BCUT2D eigenvalue weighted by molar-refractivity contribution is 7.10. The first-order valence-electron chi connectivity index (χ1n) is 7.87. The number of benzene rings is 1. The van der Waals surface area contributed by atoms with E-state index >= 15 is 0 Å². The second kappa shape index (κ2) is 6.34. The summed E-state index contributed by atoms with van der Waals surface area (Å²) in [4.78, 5) is 13.1. The number of carbonyl (C=O) groups excluding carboxylic acids is 1. The molecular formula is C18H22N2O2S. The Morgan fingerprint density at radius 2 is 2.09 bits per heavy atom. The Labute approximate surface area is 140 Å². The summed E-state index contributed by atoms with van der Waals surface area (Å²) >= 11 is 1.54. The molecule has 0 saturated heterocycles. The number of hydrogen-bond acceptors (Lipinski definition) is 3. The van der Waals surface area contributed by atoms with Gasteiger partial charge in [0.25, 0.3) is 0 Å². The van der Waals surface area contributed by atoms with Gasteiger partial charge in [-0.2, -0.15) is 0 Å². The molecule has 23 heavy (non-hydrogen) atoms. The van der Waals surface area contributed by atoms with Crippen LogP contribution in [0.15, 0.2) is 35.7 Å². The third-order valence-corrected chi connectivity index (χ3v) is 5.52. The van der Waals surface area contributed by atoms with Crippen molar-refractivity contribution in [2.45, 2.75) is 32.3 Å². The van der Waals surface area contributed by atoms with E-state index in [0.29, 0.717) is 0 Å². The van der Waals surface area contributed by atoms with Crippen LogP contribution in [0, 0.1) is 19.8 Å². The average molecular weight is 330 g/mol. The van der Waals surface area contributed by atoms with Crippen molar-refractivity contribution in [3.8, 4) is 0 Å². The summed E-state index contributed by atoms with van der Waals surface area (Å²) in [5.74, 6) is 0.239. The van der Waals surface area contributed by atoms with Crippen LogP contribution in [0.25, 0.3) is 0 Å². The maximum absolute atomic E-state index is 12.1. The average Bonchev–Trinajstić information content (AvgIpc) is 3.24. The highest BCUT2D eigenvalue weighted by Crippen LogP contribution is 2.46. The molecule has 1 aliphatic carbocycles. The quantitative estimate of drug-likeness (QED) is 0.781. The molecule has 4 nitrogen and oxygen atoms in total. The SMILES string of the molecule is Cc1ccc(NC(=O)NC[C@](O)(c2cccs2)C2CC2)cc1C. The van der Waals surface area contributed by atoms with Gasteiger partial charge in [0.15, 0.2) is 0 Å². The van der Waals surface area contributed by atoms with Gasteiger partial charge >= 0.3 is 6.03 Å². The monoisotopic (exact) mass is 330 g/mol. The van der Waals surface area contributed by atoms with Gasteiger partial charge in [0.1, 0.15) is 5.60 Å². The molecule has 1 aromatic carbocycles. The van der Waals surface area contributed by atoms with Crippen LogP contribution in [0.2, 0.25) is 0 Å². The van der Waals surface area contributed by atoms with Gasteiger partial charge in [-0.1, -0.05) is 12.1 Å². The molecule has 0 bridgehead atoms. The third kappa shape index (κ3) is 3.57. The first-order valence-corrected chi connectivity index (χ1v) is 8.75. The topological polar surface area (TPSA) is 61.4 Å². The van der Waals surface area contributed by atoms with Gasteiger partial charge in [-0.05, 0) is 67.3 Å². The minimum atomic E-state index is -0.950. The molecule has 122 valence electrons. The number of nitrogens with one attached hydrogen (secondary N) is 2. The number of anilines is 1. The lowest BCUT2D eigenvalue weighted by molar-refractivity contribution is 0.0200. The Hall–Kier alpha value is -1.85. The van der Waals surface area contributed by atoms with Crippen molar-refractivity contribution in [1.82, 2.24) is 5.32 Å². The van der Waals surface area contributed by atoms with Crippen molar-refractivity contribution in [3.05, 3.63) is 51.7 Å². The van der Waals surface area contributed by atoms with E-state index in [0.717, 1.165) is 29.0 Å². The second-order valence-electron chi connectivity index (χ2n) is 6.28. The fourth-order valence-corrected chi connectivity index (χ4v) is 3.63. The van der Waals surface area contributed by atoms with Crippen molar-refractivity contribution in [2.24, 2.45) is 5.92 Å². The maximum Gasteiger partial charge on any atom is 0.319 e. The molecule has 1 atom stereocenters. The van der Waals surface area contributed by atoms with Gasteiger partial charge in [0.2, 0.25) is 0 Å². The summed E-state index contributed by atoms with van der Waals surface area (Å²) in [5.41, 5.74) is 2.14. The summed E-state index contributed by atoms with van der Waals surface area (Å²) in [6, 6.07) is 9.39. The van der Waals surface area contributed by atoms with Crippen LogP contribution < -0.4 is 10.6 Å². The molecule has 1 heterocycles. The Morgan fingerprint density at radius 3 is 2.70 bits per heavy atom. The molecule has 1 saturated carbocycles. The zero-order chi connectivity index (χ0) is 16.4. The van der Waals surface area contributed by atoms with E-state index in [1.165, 1.54) is 16.9 Å². The number of rotatable bonds is 5. The van der Waals surface area contributed by atoms with Gasteiger partial charge < -0.3 is 15.7 Å². The zero-order valence-corrected chi connectivity index (χ0v) is 14.2. The largest absolute Gasteiger partial charge is 0.382 e. The molecule has 1 aromatic heterocycles. The number of carbonyl (C=O) groups is 1. The molecule has 0 aliphatic heterocycles. The molecule has 1 fully saturated rings. The van der Waals surface area contributed by atoms with Crippen LogP contribution in [0.5, 0.6) is 0 Å². The van der Waals surface area contributed by atoms with Crippen molar-refractivity contribution in [1.29, 1.82) is 0 Å². The van der Waals surface area contributed by atoms with E-state index in [1.54, 1.807) is 0 Å². The predicted octanol–water partition coefficient (Wildman–Crippen LogP) is 3.78. The fraction of sp³-hybridized carbons (Fsp3) is 0.389. The highest BCUT2D eigenvalue weighted by atomic mass is 32.1. The molecular weight excluding hydrogens is 308 g/mol. The predicted molar refractivity (Wildman–Crippen MR) is 93.9 cm³/mol. The Bertz CT molecular complexity index is 695. The number of amides is 2. The molecule has 0 radical (unpaired) electrons. The van der Waals surface area contributed by atoms with Gasteiger partial charge in [-0.3, -0.25) is 0 Å². The van der Waals surface area contributed by atoms with E-state index in [2.05, 4.69) is 10.6 Å². The van der Waals surface area contributed by atoms with Crippen molar-refractivity contribution in [3.63, 3.8) is 0 Å². The summed E-state index contributed by atoms with van der Waals surface area (Å²) in [6.07, 6.45) is 2.02. The Morgan fingerprint density at radius 1 is 1.30 bits per heavy atom. The van der Waals surface area contributed by atoms with Gasteiger partial charge in [0.05, 0.1) is 6.54 Å². The fourth-order valence-electron chi connectivity index (χ4n) is 2.73. The molecule has 0 spiro atoms. The molecule has 3 N–H and O–H groups in total. The maximum atomic E-state index is 12.1. The molecule has 1 aliphatic rings. The number of aryl methyl sites for hydroxylation is 2. The normalized spacial score (nSPS) is 16.7. The standard InChI is InChI=1S/C18H22N2O2S/c1-12-5-8-15(10-13(12)2)20-17(21)19-11-18(22,14-6-7-14)16-4-3-9-23-16/h3-5,8-10,14,22H,6-7,11H2,1-2H3,(H2,19,20,21)/t18-/m1/s1. The molecule has 5 heteroatoms. The Balaban J connectivity index is 1.62. The van der Waals surface area contributed by atoms with E-state index in [-0.39, 0.29) is 18.5 Å². The summed E-state index contributed by atoms with van der Waals surface area (Å²) in [5, 5.41) is 18.6. The number of urea groups is 1. The summed E-state index contributed by atoms with van der Waals surface area (Å²) in [7, 11) is 0. The van der Waals surface area contributed by atoms with Crippen LogP contribution in [-0.2, 0) is 5.60 Å². The second-order valence-corrected chi connectivity index (χ2v) is 7.23. The van der Waals surface area contributed by atoms with E-state index in [9.17, 15) is 9.90 Å². The minimum Gasteiger partial charge on any atom is -0.382 e. The Kier molecular flexibility index (Phi) is 4.41. The lowest BCUT2D eigenvalue weighted by Gasteiger charge is -2.27. The minimum absolute atomic E-state index is 0.231. The van der Waals surface area contributed by atoms with E-state index < -0.39 is 5.60 Å². The van der Waals surface area contributed by atoms with Crippen molar-refractivity contribution in [2.75, 3.05) is 11.9 Å². The molecule has 3 rings (SSSR count). The number of hydrogen-bond donors (Lipinski definition) is 3. The number of aliphatic hydroxyl groups is 1. The lowest BCUT2D eigenvalue weighted by atomic mass is 9.96. The van der Waals surface area contributed by atoms with E-state index in [1.807, 2.05) is 49.6 Å². The summed E-state index contributed by atoms with van der Waals surface area (Å²) < 4.78 is 0. The van der Waals surface area contributed by atoms with Crippen LogP contribution in [0.3, 0.4) is 0 Å². The van der Waals surface area contributed by atoms with Crippen molar-refractivity contribution < 1.29 is 9.90 Å². The lowest BCUT2D eigenvalue weighted by Crippen LogP contribution is -2.43. The summed E-state index contributed by atoms with van der Waals surface area (Å²) in [6.45, 7) is 4.28. The molecule has 2 aromatic rings. The van der Waals surface area contributed by atoms with Crippen LogP contribution >= 0.6 is 11.3 Å². The van der Waals surface area contributed by atoms with Gasteiger partial charge in [0, 0.05) is 10.6 Å². The third-order valence-electron chi connectivity index (χ3n) is 4.48. The van der Waals surface area contributed by atoms with Crippen molar-refractivity contribution >= 4 is 23.1 Å². The van der Waals surface area contributed by atoms with Crippen LogP contribution in [0.4, 0.5) is 10.5 Å². The van der Waals surface area contributed by atoms with Gasteiger partial charge in [-0.25, -0.2) is 4.79 Å².